The summed E-state index contributed by atoms with van der Waals surface area (Å²) in [4.78, 5) is 0. The smallest absolute Gasteiger partial charge is 0.112 e. The van der Waals surface area contributed by atoms with E-state index in [4.69, 9.17) is 0 Å². The van der Waals surface area contributed by atoms with E-state index in [-0.39, 0.29) is 0 Å². The molecule has 0 bridgehead atoms. The SMILES string of the molecule is CC1CCCCC(F)CN1. The van der Waals surface area contributed by atoms with Crippen LogP contribution in [-0.2, 0) is 0 Å². The highest BCUT2D eigenvalue weighted by atomic mass is 19.1. The molecule has 1 rings (SSSR count). The first-order valence-corrected chi connectivity index (χ1v) is 4.16. The van der Waals surface area contributed by atoms with Crippen molar-refractivity contribution in [2.75, 3.05) is 6.54 Å². The number of hydrogen-bond donors (Lipinski definition) is 1. The Labute approximate surface area is 62.0 Å². The van der Waals surface area contributed by atoms with Gasteiger partial charge in [0.2, 0.25) is 0 Å². The molecule has 0 saturated carbocycles. The maximum atomic E-state index is 12.7. The summed E-state index contributed by atoms with van der Waals surface area (Å²) in [5.74, 6) is 0. The first kappa shape index (κ1) is 7.99. The van der Waals surface area contributed by atoms with Crippen LogP contribution in [-0.4, -0.2) is 18.8 Å². The lowest BCUT2D eigenvalue weighted by molar-refractivity contribution is 0.264. The van der Waals surface area contributed by atoms with Gasteiger partial charge in [-0.15, -0.1) is 0 Å². The summed E-state index contributed by atoms with van der Waals surface area (Å²) in [5, 5.41) is 3.16. The van der Waals surface area contributed by atoms with Crippen molar-refractivity contribution in [2.24, 2.45) is 0 Å². The Balaban J connectivity index is 2.23. The Kier molecular flexibility index (Phi) is 3.13. The van der Waals surface area contributed by atoms with E-state index in [1.165, 1.54) is 12.8 Å². The van der Waals surface area contributed by atoms with E-state index in [1.807, 2.05) is 0 Å². The van der Waals surface area contributed by atoms with Gasteiger partial charge in [-0.3, -0.25) is 0 Å². The summed E-state index contributed by atoms with van der Waals surface area (Å²) in [7, 11) is 0. The van der Waals surface area contributed by atoms with Crippen LogP contribution in [0.15, 0.2) is 0 Å². The van der Waals surface area contributed by atoms with Gasteiger partial charge < -0.3 is 5.32 Å². The molecule has 1 fully saturated rings. The molecular weight excluding hydrogens is 129 g/mol. The molecule has 2 heteroatoms. The van der Waals surface area contributed by atoms with Crippen LogP contribution in [0.25, 0.3) is 0 Å². The van der Waals surface area contributed by atoms with Crippen molar-refractivity contribution >= 4 is 0 Å². The van der Waals surface area contributed by atoms with Crippen LogP contribution in [0.4, 0.5) is 4.39 Å². The van der Waals surface area contributed by atoms with Gasteiger partial charge in [-0.25, -0.2) is 4.39 Å². The quantitative estimate of drug-likeness (QED) is 0.548. The molecule has 2 atom stereocenters. The average molecular weight is 145 g/mol. The summed E-state index contributed by atoms with van der Waals surface area (Å²) in [6.07, 6.45) is 3.58. The lowest BCUT2D eigenvalue weighted by atomic mass is 10.0. The van der Waals surface area contributed by atoms with Crippen molar-refractivity contribution in [3.05, 3.63) is 0 Å². The van der Waals surface area contributed by atoms with Crippen LogP contribution in [0.3, 0.4) is 0 Å². The Morgan fingerprint density at radius 1 is 1.30 bits per heavy atom. The fourth-order valence-corrected chi connectivity index (χ4v) is 1.35. The third-order valence-corrected chi connectivity index (χ3v) is 2.09. The number of alkyl halides is 1. The molecule has 1 nitrogen and oxygen atoms in total. The molecule has 2 unspecified atom stereocenters. The number of nitrogens with one attached hydrogen (secondary N) is 1. The van der Waals surface area contributed by atoms with Crippen molar-refractivity contribution in [2.45, 2.75) is 44.8 Å². The first-order valence-electron chi connectivity index (χ1n) is 4.16. The summed E-state index contributed by atoms with van der Waals surface area (Å²) in [6.45, 7) is 2.68. The van der Waals surface area contributed by atoms with Crippen molar-refractivity contribution < 1.29 is 4.39 Å². The van der Waals surface area contributed by atoms with Crippen molar-refractivity contribution in [3.8, 4) is 0 Å². The monoisotopic (exact) mass is 145 g/mol. The predicted molar refractivity (Wildman–Crippen MR) is 40.8 cm³/mol. The highest BCUT2D eigenvalue weighted by Crippen LogP contribution is 2.11. The zero-order valence-electron chi connectivity index (χ0n) is 6.57. The average Bonchev–Trinajstić information content (AvgIpc) is 1.90. The summed E-state index contributed by atoms with van der Waals surface area (Å²) >= 11 is 0. The van der Waals surface area contributed by atoms with E-state index in [1.54, 1.807) is 0 Å². The summed E-state index contributed by atoms with van der Waals surface area (Å²) < 4.78 is 12.7. The molecule has 0 aromatic carbocycles. The number of hydrogen-bond acceptors (Lipinski definition) is 1. The predicted octanol–water partition coefficient (Wildman–Crippen LogP) is 1.88. The van der Waals surface area contributed by atoms with Crippen molar-refractivity contribution in [1.82, 2.24) is 5.32 Å². The van der Waals surface area contributed by atoms with Gasteiger partial charge in [-0.05, 0) is 19.8 Å². The maximum Gasteiger partial charge on any atom is 0.112 e. The van der Waals surface area contributed by atoms with E-state index in [9.17, 15) is 4.39 Å². The third kappa shape index (κ3) is 2.65. The molecule has 60 valence electrons. The largest absolute Gasteiger partial charge is 0.311 e. The second-order valence-electron chi connectivity index (χ2n) is 3.19. The summed E-state index contributed by atoms with van der Waals surface area (Å²) in [6, 6.07) is 0.513. The van der Waals surface area contributed by atoms with Gasteiger partial charge in [-0.1, -0.05) is 12.8 Å². The zero-order chi connectivity index (χ0) is 7.40. The molecule has 1 N–H and O–H groups in total. The molecule has 10 heavy (non-hydrogen) atoms. The minimum absolute atomic E-state index is 0.513. The van der Waals surface area contributed by atoms with E-state index in [0.717, 1.165) is 12.8 Å². The normalized spacial score (nSPS) is 36.6. The van der Waals surface area contributed by atoms with Crippen LogP contribution in [0.1, 0.15) is 32.6 Å². The summed E-state index contributed by atoms with van der Waals surface area (Å²) in [5.41, 5.74) is 0. The van der Waals surface area contributed by atoms with Gasteiger partial charge >= 0.3 is 0 Å². The Hall–Kier alpha value is -0.110. The van der Waals surface area contributed by atoms with Crippen LogP contribution in [0.2, 0.25) is 0 Å². The number of halogens is 1. The molecule has 0 radical (unpaired) electrons. The second-order valence-corrected chi connectivity index (χ2v) is 3.19. The van der Waals surface area contributed by atoms with Gasteiger partial charge in [0, 0.05) is 12.6 Å². The fourth-order valence-electron chi connectivity index (χ4n) is 1.35. The molecule has 1 heterocycles. The molecule has 1 saturated heterocycles. The van der Waals surface area contributed by atoms with Crippen LogP contribution in [0, 0.1) is 0 Å². The minimum atomic E-state index is -0.609. The number of rotatable bonds is 0. The van der Waals surface area contributed by atoms with E-state index in [0.29, 0.717) is 12.6 Å². The fraction of sp³-hybridized carbons (Fsp3) is 1.00. The van der Waals surface area contributed by atoms with Gasteiger partial charge in [-0.2, -0.15) is 0 Å². The van der Waals surface area contributed by atoms with Gasteiger partial charge in [0.1, 0.15) is 6.17 Å². The van der Waals surface area contributed by atoms with Crippen molar-refractivity contribution in [3.63, 3.8) is 0 Å². The van der Waals surface area contributed by atoms with E-state index < -0.39 is 6.17 Å². The van der Waals surface area contributed by atoms with Gasteiger partial charge in [0.05, 0.1) is 0 Å². The van der Waals surface area contributed by atoms with Crippen LogP contribution in [0.5, 0.6) is 0 Å². The Morgan fingerprint density at radius 2 is 2.00 bits per heavy atom. The van der Waals surface area contributed by atoms with Crippen molar-refractivity contribution in [1.29, 1.82) is 0 Å². The Morgan fingerprint density at radius 3 is 2.80 bits per heavy atom. The minimum Gasteiger partial charge on any atom is -0.311 e. The van der Waals surface area contributed by atoms with E-state index in [2.05, 4.69) is 12.2 Å². The van der Waals surface area contributed by atoms with Gasteiger partial charge in [0.25, 0.3) is 0 Å². The second kappa shape index (κ2) is 3.91. The maximum absolute atomic E-state index is 12.7. The molecule has 1 aliphatic rings. The van der Waals surface area contributed by atoms with Crippen LogP contribution < -0.4 is 5.32 Å². The topological polar surface area (TPSA) is 12.0 Å². The zero-order valence-corrected chi connectivity index (χ0v) is 6.57. The lowest BCUT2D eigenvalue weighted by Crippen LogP contribution is -2.33. The molecular formula is C8H16FN. The standard InChI is InChI=1S/C8H16FN/c1-7-4-2-3-5-8(9)6-10-7/h7-8,10H,2-6H2,1H3. The molecule has 1 aliphatic heterocycles. The first-order chi connectivity index (χ1) is 4.79. The molecule has 0 aromatic heterocycles. The highest BCUT2D eigenvalue weighted by molar-refractivity contribution is 4.69. The van der Waals surface area contributed by atoms with Gasteiger partial charge in [0.15, 0.2) is 0 Å². The molecule has 0 amide bonds. The molecule has 0 aromatic rings. The molecule has 0 spiro atoms. The lowest BCUT2D eigenvalue weighted by Gasteiger charge is -2.19. The molecule has 0 aliphatic carbocycles. The van der Waals surface area contributed by atoms with E-state index >= 15 is 0 Å². The Bertz CT molecular complexity index is 83.3. The highest BCUT2D eigenvalue weighted by Gasteiger charge is 2.11. The third-order valence-electron chi connectivity index (χ3n) is 2.09. The van der Waals surface area contributed by atoms with Crippen LogP contribution >= 0.6 is 0 Å².